The molecule has 1 heterocycles. The lowest BCUT2D eigenvalue weighted by Gasteiger charge is -2.08. The van der Waals surface area contributed by atoms with Gasteiger partial charge in [0.1, 0.15) is 0 Å². The molecule has 6 heteroatoms. The number of hydrogen-bond acceptors (Lipinski definition) is 3. The van der Waals surface area contributed by atoms with Gasteiger partial charge in [0, 0.05) is 31.2 Å². The van der Waals surface area contributed by atoms with Gasteiger partial charge in [0.2, 0.25) is 5.96 Å². The van der Waals surface area contributed by atoms with E-state index in [1.54, 1.807) is 12.5 Å². The van der Waals surface area contributed by atoms with Crippen LogP contribution in [0.5, 0.6) is 0 Å². The molecule has 0 atom stereocenters. The Balaban J connectivity index is 1.86. The molecule has 2 rings (SSSR count). The van der Waals surface area contributed by atoms with Crippen LogP contribution in [0.4, 0.5) is 5.69 Å². The molecule has 6 nitrogen and oxygen atoms in total. The minimum absolute atomic E-state index is 0.465. The smallest absolute Gasteiger partial charge is 0.209 e. The van der Waals surface area contributed by atoms with Crippen LogP contribution in [0.3, 0.4) is 0 Å². The minimum Gasteiger partial charge on any atom is -0.337 e. The molecule has 2 aromatic rings. The van der Waals surface area contributed by atoms with Gasteiger partial charge >= 0.3 is 0 Å². The van der Waals surface area contributed by atoms with Crippen molar-refractivity contribution in [3.8, 4) is 6.19 Å². The van der Waals surface area contributed by atoms with Crippen LogP contribution >= 0.6 is 0 Å². The summed E-state index contributed by atoms with van der Waals surface area (Å²) in [5, 5.41) is 14.4. The lowest BCUT2D eigenvalue weighted by molar-refractivity contribution is 0.650. The van der Waals surface area contributed by atoms with E-state index in [1.807, 2.05) is 48.1 Å². The second kappa shape index (κ2) is 7.70. The summed E-state index contributed by atoms with van der Waals surface area (Å²) >= 11 is 0. The number of nitrogens with zero attached hydrogens (tertiary/aromatic N) is 4. The molecule has 0 radical (unpaired) electrons. The maximum atomic E-state index is 8.77. The van der Waals surface area contributed by atoms with Crippen molar-refractivity contribution in [1.29, 1.82) is 5.26 Å². The van der Waals surface area contributed by atoms with Crippen LogP contribution in [0, 0.1) is 18.4 Å². The molecule has 1 aromatic carbocycles. The van der Waals surface area contributed by atoms with Crippen LogP contribution in [-0.4, -0.2) is 22.1 Å². The lowest BCUT2D eigenvalue weighted by atomic mass is 10.2. The van der Waals surface area contributed by atoms with E-state index in [2.05, 4.69) is 20.6 Å². The summed E-state index contributed by atoms with van der Waals surface area (Å²) in [5.74, 6) is 0.465. The number of benzene rings is 1. The Morgan fingerprint density at radius 3 is 2.86 bits per heavy atom. The second-order valence-electron chi connectivity index (χ2n) is 4.61. The van der Waals surface area contributed by atoms with Crippen molar-refractivity contribution >= 4 is 11.6 Å². The molecule has 108 valence electrons. The molecule has 0 aliphatic carbocycles. The molecular formula is C15H18N6. The number of hydrogen-bond donors (Lipinski definition) is 2. The van der Waals surface area contributed by atoms with E-state index >= 15 is 0 Å². The van der Waals surface area contributed by atoms with Crippen LogP contribution in [-0.2, 0) is 6.54 Å². The monoisotopic (exact) mass is 282 g/mol. The highest BCUT2D eigenvalue weighted by atomic mass is 15.2. The predicted molar refractivity (Wildman–Crippen MR) is 82.7 cm³/mol. The third kappa shape index (κ3) is 4.99. The number of guanidine groups is 1. The van der Waals surface area contributed by atoms with E-state index < -0.39 is 0 Å². The summed E-state index contributed by atoms with van der Waals surface area (Å²) in [7, 11) is 0. The number of aryl methyl sites for hydroxylation is 2. The van der Waals surface area contributed by atoms with E-state index in [0.29, 0.717) is 12.5 Å². The van der Waals surface area contributed by atoms with E-state index in [4.69, 9.17) is 5.26 Å². The fraction of sp³-hybridized carbons (Fsp3) is 0.267. The molecule has 0 unspecified atom stereocenters. The Morgan fingerprint density at radius 1 is 1.38 bits per heavy atom. The first-order valence-electron chi connectivity index (χ1n) is 6.77. The van der Waals surface area contributed by atoms with Gasteiger partial charge in [-0.1, -0.05) is 17.7 Å². The second-order valence-corrected chi connectivity index (χ2v) is 4.61. The van der Waals surface area contributed by atoms with E-state index in [0.717, 1.165) is 18.7 Å². The first-order chi connectivity index (χ1) is 10.3. The summed E-state index contributed by atoms with van der Waals surface area (Å²) < 4.78 is 2.00. The Morgan fingerprint density at radius 2 is 2.19 bits per heavy atom. The molecule has 0 aliphatic heterocycles. The summed E-state index contributed by atoms with van der Waals surface area (Å²) in [5.41, 5.74) is 2.09. The largest absolute Gasteiger partial charge is 0.337 e. The standard InChI is InChI=1S/C15H18N6/c1-13-3-5-14(6-4-13)20-15(19-11-16)18-7-2-9-21-10-8-17-12-21/h3-6,8,10,12H,2,7,9H2,1H3,(H2,18,19,20). The van der Waals surface area contributed by atoms with Crippen molar-refractivity contribution in [3.63, 3.8) is 0 Å². The lowest BCUT2D eigenvalue weighted by Crippen LogP contribution is -2.27. The fourth-order valence-corrected chi connectivity index (χ4v) is 1.80. The Bertz CT molecular complexity index is 607. The number of nitriles is 1. The van der Waals surface area contributed by atoms with Crippen LogP contribution in [0.15, 0.2) is 48.0 Å². The number of rotatable bonds is 5. The van der Waals surface area contributed by atoms with Crippen molar-refractivity contribution in [3.05, 3.63) is 48.5 Å². The molecule has 2 N–H and O–H groups in total. The van der Waals surface area contributed by atoms with Crippen molar-refractivity contribution < 1.29 is 0 Å². The molecular weight excluding hydrogens is 264 g/mol. The zero-order valence-electron chi connectivity index (χ0n) is 12.0. The van der Waals surface area contributed by atoms with Gasteiger partial charge < -0.3 is 9.88 Å². The zero-order chi connectivity index (χ0) is 14.9. The summed E-state index contributed by atoms with van der Waals surface area (Å²) in [4.78, 5) is 8.36. The van der Waals surface area contributed by atoms with Gasteiger partial charge in [0.25, 0.3) is 0 Å². The summed E-state index contributed by atoms with van der Waals surface area (Å²) in [6.45, 7) is 3.51. The van der Waals surface area contributed by atoms with Crippen LogP contribution in [0.2, 0.25) is 0 Å². The Hall–Kier alpha value is -2.81. The minimum atomic E-state index is 0.465. The van der Waals surface area contributed by atoms with Crippen LogP contribution in [0.1, 0.15) is 12.0 Å². The van der Waals surface area contributed by atoms with E-state index in [1.165, 1.54) is 5.56 Å². The van der Waals surface area contributed by atoms with E-state index in [-0.39, 0.29) is 0 Å². The molecule has 21 heavy (non-hydrogen) atoms. The van der Waals surface area contributed by atoms with Gasteiger partial charge in [-0.3, -0.25) is 10.3 Å². The van der Waals surface area contributed by atoms with Crippen molar-refractivity contribution in [2.75, 3.05) is 11.9 Å². The Labute approximate surface area is 124 Å². The van der Waals surface area contributed by atoms with Gasteiger partial charge in [0.15, 0.2) is 6.19 Å². The molecule has 0 bridgehead atoms. The average molecular weight is 282 g/mol. The molecule has 0 fully saturated rings. The number of aliphatic imine (C=N–C) groups is 1. The third-order valence-electron chi connectivity index (χ3n) is 2.89. The van der Waals surface area contributed by atoms with E-state index in [9.17, 15) is 0 Å². The van der Waals surface area contributed by atoms with Gasteiger partial charge in [-0.15, -0.1) is 0 Å². The molecule has 0 spiro atoms. The van der Waals surface area contributed by atoms with Gasteiger partial charge in [-0.2, -0.15) is 5.26 Å². The summed E-state index contributed by atoms with van der Waals surface area (Å²) in [6.07, 6.45) is 8.23. The van der Waals surface area contributed by atoms with Gasteiger partial charge in [-0.05, 0) is 25.5 Å². The maximum absolute atomic E-state index is 8.77. The number of aromatic nitrogens is 2. The fourth-order valence-electron chi connectivity index (χ4n) is 1.80. The van der Waals surface area contributed by atoms with Crippen molar-refractivity contribution in [1.82, 2.24) is 14.9 Å². The van der Waals surface area contributed by atoms with Crippen LogP contribution in [0.25, 0.3) is 0 Å². The first kappa shape index (κ1) is 14.6. The molecule has 0 amide bonds. The zero-order valence-corrected chi connectivity index (χ0v) is 12.0. The first-order valence-corrected chi connectivity index (χ1v) is 6.77. The molecule has 1 aromatic heterocycles. The molecule has 0 saturated carbocycles. The third-order valence-corrected chi connectivity index (χ3v) is 2.89. The van der Waals surface area contributed by atoms with Gasteiger partial charge in [0.05, 0.1) is 6.33 Å². The average Bonchev–Trinajstić information content (AvgIpc) is 2.99. The van der Waals surface area contributed by atoms with Crippen LogP contribution < -0.4 is 10.6 Å². The molecule has 0 saturated heterocycles. The van der Waals surface area contributed by atoms with Gasteiger partial charge in [-0.25, -0.2) is 4.98 Å². The van der Waals surface area contributed by atoms with Crippen molar-refractivity contribution in [2.45, 2.75) is 19.9 Å². The number of imidazole rings is 1. The maximum Gasteiger partial charge on any atom is 0.209 e. The highest BCUT2D eigenvalue weighted by Gasteiger charge is 1.99. The SMILES string of the molecule is Cc1ccc(NC(=NCCCn2ccnc2)NC#N)cc1. The summed E-state index contributed by atoms with van der Waals surface area (Å²) in [6, 6.07) is 7.92. The number of nitrogens with one attached hydrogen (secondary N) is 2. The predicted octanol–water partition coefficient (Wildman–Crippen LogP) is 2.12. The number of anilines is 1. The normalized spacial score (nSPS) is 11.0. The quantitative estimate of drug-likeness (QED) is 0.289. The Kier molecular flexibility index (Phi) is 5.35. The topological polar surface area (TPSA) is 78.0 Å². The molecule has 0 aliphatic rings. The van der Waals surface area contributed by atoms with Crippen molar-refractivity contribution in [2.24, 2.45) is 4.99 Å². The highest BCUT2D eigenvalue weighted by Crippen LogP contribution is 2.08. The highest BCUT2D eigenvalue weighted by molar-refractivity contribution is 5.94.